The molecule has 1 aromatic heterocycles. The number of nitrogens with zero attached hydrogens (tertiary/aromatic N) is 2. The number of aliphatic carboxylic acids is 1. The van der Waals surface area contributed by atoms with Crippen LogP contribution in [0.3, 0.4) is 0 Å². The largest absolute Gasteiger partial charge is 0.481 e. The van der Waals surface area contributed by atoms with Gasteiger partial charge in [0.05, 0.1) is 26.7 Å². The van der Waals surface area contributed by atoms with Crippen LogP contribution in [0, 0.1) is 0 Å². The Morgan fingerprint density at radius 1 is 1.23 bits per heavy atom. The van der Waals surface area contributed by atoms with Crippen molar-refractivity contribution >= 4 is 17.6 Å². The van der Waals surface area contributed by atoms with Gasteiger partial charge in [-0.25, -0.2) is 0 Å². The van der Waals surface area contributed by atoms with E-state index in [4.69, 9.17) is 30.9 Å². The highest BCUT2D eigenvalue weighted by atomic mass is 35.5. The second-order valence-electron chi connectivity index (χ2n) is 4.12. The molecule has 0 amide bonds. The molecule has 0 spiro atoms. The third kappa shape index (κ3) is 3.76. The first-order chi connectivity index (χ1) is 10.5. The van der Waals surface area contributed by atoms with Crippen LogP contribution in [0.1, 0.15) is 5.56 Å². The number of hydrogen-bond donors (Lipinski definition) is 1. The van der Waals surface area contributed by atoms with Crippen molar-refractivity contribution in [1.82, 2.24) is 9.97 Å². The van der Waals surface area contributed by atoms with E-state index in [-0.39, 0.29) is 35.0 Å². The molecule has 2 aromatic rings. The summed E-state index contributed by atoms with van der Waals surface area (Å²) in [6.45, 7) is 0. The number of ether oxygens (including phenoxy) is 3. The molecular weight excluding hydrogens is 312 g/mol. The molecule has 0 aliphatic rings. The van der Waals surface area contributed by atoms with Gasteiger partial charge in [-0.1, -0.05) is 17.7 Å². The lowest BCUT2D eigenvalue weighted by Crippen LogP contribution is -2.04. The lowest BCUT2D eigenvalue weighted by molar-refractivity contribution is -0.136. The summed E-state index contributed by atoms with van der Waals surface area (Å²) in [5.41, 5.74) is 0.335. The minimum Gasteiger partial charge on any atom is -0.481 e. The van der Waals surface area contributed by atoms with Crippen molar-refractivity contribution in [3.63, 3.8) is 0 Å². The van der Waals surface area contributed by atoms with Gasteiger partial charge >= 0.3 is 12.0 Å². The van der Waals surface area contributed by atoms with Gasteiger partial charge in [-0.2, -0.15) is 9.97 Å². The van der Waals surface area contributed by atoms with E-state index in [1.807, 2.05) is 0 Å². The van der Waals surface area contributed by atoms with E-state index in [0.29, 0.717) is 5.56 Å². The summed E-state index contributed by atoms with van der Waals surface area (Å²) >= 11 is 6.02. The SMILES string of the molecule is COc1cc(OC)nc(Oc2cccc(Cl)c2CC(=O)O)n1. The van der Waals surface area contributed by atoms with Gasteiger partial charge < -0.3 is 19.3 Å². The molecule has 0 unspecified atom stereocenters. The van der Waals surface area contributed by atoms with Crippen molar-refractivity contribution < 1.29 is 24.1 Å². The highest BCUT2D eigenvalue weighted by molar-refractivity contribution is 6.31. The second-order valence-corrected chi connectivity index (χ2v) is 4.53. The Kier molecular flexibility index (Phi) is 5.00. The molecule has 0 radical (unpaired) electrons. The van der Waals surface area contributed by atoms with Crippen molar-refractivity contribution in [2.75, 3.05) is 14.2 Å². The van der Waals surface area contributed by atoms with Crippen LogP contribution in [0.15, 0.2) is 24.3 Å². The van der Waals surface area contributed by atoms with Gasteiger partial charge in [0.25, 0.3) is 0 Å². The molecule has 8 heteroatoms. The first-order valence-corrected chi connectivity index (χ1v) is 6.55. The summed E-state index contributed by atoms with van der Waals surface area (Å²) < 4.78 is 15.6. The Morgan fingerprint density at radius 2 is 1.86 bits per heavy atom. The van der Waals surface area contributed by atoms with Crippen molar-refractivity contribution in [2.45, 2.75) is 6.42 Å². The predicted octanol–water partition coefficient (Wildman–Crippen LogP) is 2.57. The Balaban J connectivity index is 2.38. The maximum Gasteiger partial charge on any atom is 0.328 e. The topological polar surface area (TPSA) is 90.8 Å². The molecule has 22 heavy (non-hydrogen) atoms. The minimum atomic E-state index is -1.03. The maximum atomic E-state index is 10.9. The Hall–Kier alpha value is -2.54. The van der Waals surface area contributed by atoms with Crippen molar-refractivity contribution in [1.29, 1.82) is 0 Å². The average Bonchev–Trinajstić information content (AvgIpc) is 2.50. The summed E-state index contributed by atoms with van der Waals surface area (Å²) in [5, 5.41) is 9.25. The number of carboxylic acids is 1. The van der Waals surface area contributed by atoms with E-state index < -0.39 is 5.97 Å². The van der Waals surface area contributed by atoms with Crippen LogP contribution < -0.4 is 14.2 Å². The zero-order chi connectivity index (χ0) is 16.1. The normalized spacial score (nSPS) is 10.1. The van der Waals surface area contributed by atoms with Crippen LogP contribution in [-0.4, -0.2) is 35.3 Å². The summed E-state index contributed by atoms with van der Waals surface area (Å²) in [7, 11) is 2.89. The van der Waals surface area contributed by atoms with E-state index in [9.17, 15) is 4.79 Å². The Labute approximate surface area is 131 Å². The van der Waals surface area contributed by atoms with Gasteiger partial charge in [0.15, 0.2) is 0 Å². The molecule has 0 aliphatic heterocycles. The lowest BCUT2D eigenvalue weighted by atomic mass is 10.1. The number of rotatable bonds is 6. The predicted molar refractivity (Wildman–Crippen MR) is 78.0 cm³/mol. The summed E-state index contributed by atoms with van der Waals surface area (Å²) in [6.07, 6.45) is -0.282. The van der Waals surface area contributed by atoms with E-state index >= 15 is 0 Å². The molecule has 0 aliphatic carbocycles. The number of hydrogen-bond acceptors (Lipinski definition) is 6. The van der Waals surface area contributed by atoms with Crippen LogP contribution in [0.2, 0.25) is 5.02 Å². The monoisotopic (exact) mass is 324 g/mol. The van der Waals surface area contributed by atoms with Crippen molar-refractivity contribution in [2.24, 2.45) is 0 Å². The molecule has 7 nitrogen and oxygen atoms in total. The first kappa shape index (κ1) is 15.8. The van der Waals surface area contributed by atoms with Crippen LogP contribution in [-0.2, 0) is 11.2 Å². The minimum absolute atomic E-state index is 0.0369. The summed E-state index contributed by atoms with van der Waals surface area (Å²) in [4.78, 5) is 19.0. The van der Waals surface area contributed by atoms with E-state index in [1.54, 1.807) is 18.2 Å². The molecule has 0 saturated carbocycles. The molecule has 116 valence electrons. The molecule has 1 aromatic carbocycles. The summed E-state index contributed by atoms with van der Waals surface area (Å²) in [5.74, 6) is -0.264. The number of carbonyl (C=O) groups is 1. The van der Waals surface area contributed by atoms with Crippen LogP contribution in [0.4, 0.5) is 0 Å². The fourth-order valence-corrected chi connectivity index (χ4v) is 1.93. The number of methoxy groups -OCH3 is 2. The van der Waals surface area contributed by atoms with Crippen LogP contribution >= 0.6 is 11.6 Å². The van der Waals surface area contributed by atoms with E-state index in [0.717, 1.165) is 0 Å². The summed E-state index contributed by atoms with van der Waals surface area (Å²) in [6, 6.07) is 6.26. The molecule has 0 atom stereocenters. The molecule has 0 saturated heterocycles. The Bertz CT molecular complexity index is 671. The van der Waals surface area contributed by atoms with Gasteiger partial charge in [-0.05, 0) is 12.1 Å². The zero-order valence-electron chi connectivity index (χ0n) is 11.9. The fourth-order valence-electron chi connectivity index (χ4n) is 1.69. The quantitative estimate of drug-likeness (QED) is 0.873. The number of carboxylic acid groups (broad SMARTS) is 1. The Morgan fingerprint density at radius 3 is 2.41 bits per heavy atom. The molecule has 1 N–H and O–H groups in total. The van der Waals surface area contributed by atoms with Crippen molar-refractivity contribution in [3.8, 4) is 23.5 Å². The lowest BCUT2D eigenvalue weighted by Gasteiger charge is -2.11. The number of aromatic nitrogens is 2. The van der Waals surface area contributed by atoms with Crippen LogP contribution in [0.25, 0.3) is 0 Å². The molecule has 2 rings (SSSR count). The maximum absolute atomic E-state index is 10.9. The molecular formula is C14H13ClN2O5. The number of halogens is 1. The van der Waals surface area contributed by atoms with Crippen molar-refractivity contribution in [3.05, 3.63) is 34.9 Å². The van der Waals surface area contributed by atoms with E-state index in [1.165, 1.54) is 20.3 Å². The standard InChI is InChI=1S/C14H13ClN2O5/c1-20-11-7-12(21-2)17-14(16-11)22-10-5-3-4-9(15)8(10)6-13(18)19/h3-5,7H,6H2,1-2H3,(H,18,19). The second kappa shape index (κ2) is 6.95. The molecule has 0 fully saturated rings. The highest BCUT2D eigenvalue weighted by Gasteiger charge is 2.15. The first-order valence-electron chi connectivity index (χ1n) is 6.17. The van der Waals surface area contributed by atoms with Gasteiger partial charge in [0.2, 0.25) is 11.8 Å². The molecule has 0 bridgehead atoms. The van der Waals surface area contributed by atoms with Gasteiger partial charge in [-0.3, -0.25) is 4.79 Å². The fraction of sp³-hybridized carbons (Fsp3) is 0.214. The molecule has 1 heterocycles. The third-order valence-electron chi connectivity index (χ3n) is 2.68. The van der Waals surface area contributed by atoms with Crippen LogP contribution in [0.5, 0.6) is 23.5 Å². The van der Waals surface area contributed by atoms with Gasteiger partial charge in [0.1, 0.15) is 5.75 Å². The van der Waals surface area contributed by atoms with E-state index in [2.05, 4.69) is 9.97 Å². The third-order valence-corrected chi connectivity index (χ3v) is 3.04. The number of benzene rings is 1. The van der Waals surface area contributed by atoms with Gasteiger partial charge in [-0.15, -0.1) is 0 Å². The zero-order valence-corrected chi connectivity index (χ0v) is 12.6. The average molecular weight is 325 g/mol. The highest BCUT2D eigenvalue weighted by Crippen LogP contribution is 2.31. The smallest absolute Gasteiger partial charge is 0.328 e. The van der Waals surface area contributed by atoms with Gasteiger partial charge in [0, 0.05) is 10.6 Å².